The van der Waals surface area contributed by atoms with E-state index in [9.17, 15) is 9.59 Å². The van der Waals surface area contributed by atoms with Crippen LogP contribution < -0.4 is 10.6 Å². The molecule has 2 N–H and O–H groups in total. The van der Waals surface area contributed by atoms with Gasteiger partial charge >= 0.3 is 5.97 Å². The van der Waals surface area contributed by atoms with E-state index < -0.39 is 0 Å². The molecule has 0 aromatic heterocycles. The van der Waals surface area contributed by atoms with Crippen molar-refractivity contribution in [1.29, 1.82) is 0 Å². The summed E-state index contributed by atoms with van der Waals surface area (Å²) in [5.74, 6) is -0.461. The summed E-state index contributed by atoms with van der Waals surface area (Å²) in [5.41, 5.74) is 3.59. The number of hydrogen-bond donors (Lipinski definition) is 2. The largest absolute Gasteiger partial charge is 0.469 e. The fourth-order valence-electron chi connectivity index (χ4n) is 2.46. The first-order valence-electron chi connectivity index (χ1n) is 7.14. The Morgan fingerprint density at radius 1 is 1.09 bits per heavy atom. The van der Waals surface area contributed by atoms with E-state index in [1.165, 1.54) is 7.11 Å². The van der Waals surface area contributed by atoms with Gasteiger partial charge in [-0.15, -0.1) is 0 Å². The van der Waals surface area contributed by atoms with Gasteiger partial charge in [0.25, 0.3) is 5.91 Å². The number of rotatable bonds is 3. The lowest BCUT2D eigenvalue weighted by molar-refractivity contribution is -0.140. The summed E-state index contributed by atoms with van der Waals surface area (Å²) in [7, 11) is 1.37. The number of fused-ring (bicyclic) bond motifs is 2. The molecule has 0 aliphatic carbocycles. The lowest BCUT2D eigenvalue weighted by Crippen LogP contribution is -2.10. The molecule has 1 aliphatic heterocycles. The lowest BCUT2D eigenvalue weighted by Gasteiger charge is -2.10. The van der Waals surface area contributed by atoms with Crippen molar-refractivity contribution in [2.75, 3.05) is 17.7 Å². The van der Waals surface area contributed by atoms with E-state index in [0.29, 0.717) is 34.8 Å². The molecule has 0 spiro atoms. The molecule has 23 heavy (non-hydrogen) atoms. The fourth-order valence-corrected chi connectivity index (χ4v) is 2.63. The van der Waals surface area contributed by atoms with Crippen molar-refractivity contribution in [2.24, 2.45) is 0 Å². The van der Waals surface area contributed by atoms with Gasteiger partial charge < -0.3 is 15.4 Å². The zero-order chi connectivity index (χ0) is 16.4. The normalized spacial score (nSPS) is 12.3. The van der Waals surface area contributed by atoms with Crippen molar-refractivity contribution in [1.82, 2.24) is 0 Å². The highest BCUT2D eigenvalue weighted by atomic mass is 35.5. The summed E-state index contributed by atoms with van der Waals surface area (Å²) in [4.78, 5) is 23.6. The van der Waals surface area contributed by atoms with Crippen molar-refractivity contribution in [2.45, 2.75) is 12.8 Å². The third kappa shape index (κ3) is 3.29. The first-order valence-corrected chi connectivity index (χ1v) is 7.52. The van der Waals surface area contributed by atoms with E-state index in [1.54, 1.807) is 18.2 Å². The van der Waals surface area contributed by atoms with Crippen LogP contribution in [-0.4, -0.2) is 19.0 Å². The fraction of sp³-hybridized carbons (Fsp3) is 0.176. The number of esters is 1. The number of carbonyl (C=O) groups excluding carboxylic acids is 2. The van der Waals surface area contributed by atoms with Crippen molar-refractivity contribution >= 4 is 40.5 Å². The van der Waals surface area contributed by atoms with Gasteiger partial charge in [-0.3, -0.25) is 9.59 Å². The first kappa shape index (κ1) is 15.4. The Hall–Kier alpha value is -2.53. The minimum atomic E-state index is -0.260. The van der Waals surface area contributed by atoms with Crippen LogP contribution in [0.1, 0.15) is 22.3 Å². The van der Waals surface area contributed by atoms with E-state index in [4.69, 9.17) is 11.6 Å². The Bertz CT molecular complexity index is 789. The van der Waals surface area contributed by atoms with Gasteiger partial charge in [-0.1, -0.05) is 17.7 Å². The molecule has 5 nitrogen and oxygen atoms in total. The number of aryl methyl sites for hydroxylation is 1. The highest BCUT2D eigenvalue weighted by Crippen LogP contribution is 2.34. The summed E-state index contributed by atoms with van der Waals surface area (Å²) in [5, 5.41) is 6.66. The Morgan fingerprint density at radius 2 is 1.91 bits per heavy atom. The highest BCUT2D eigenvalue weighted by Gasteiger charge is 2.19. The molecule has 1 heterocycles. The number of methoxy groups -OCH3 is 1. The lowest BCUT2D eigenvalue weighted by atomic mass is 10.1. The Balaban J connectivity index is 1.89. The number of hydrogen-bond acceptors (Lipinski definition) is 4. The summed E-state index contributed by atoms with van der Waals surface area (Å²) in [6, 6.07) is 10.7. The molecule has 0 bridgehead atoms. The first-order chi connectivity index (χ1) is 11.1. The molecule has 1 aliphatic rings. The van der Waals surface area contributed by atoms with Gasteiger partial charge in [-0.2, -0.15) is 0 Å². The molecule has 2 aromatic rings. The van der Waals surface area contributed by atoms with E-state index in [0.717, 1.165) is 11.3 Å². The van der Waals surface area contributed by atoms with Crippen molar-refractivity contribution < 1.29 is 14.3 Å². The van der Waals surface area contributed by atoms with E-state index in [1.807, 2.05) is 18.2 Å². The molecular formula is C17H15ClN2O3. The van der Waals surface area contributed by atoms with Gasteiger partial charge in [0.1, 0.15) is 0 Å². The summed E-state index contributed by atoms with van der Waals surface area (Å²) >= 11 is 6.00. The number of ether oxygens (including phenoxy) is 1. The molecule has 118 valence electrons. The van der Waals surface area contributed by atoms with Crippen LogP contribution >= 0.6 is 11.6 Å². The zero-order valence-corrected chi connectivity index (χ0v) is 13.2. The maximum absolute atomic E-state index is 12.3. The SMILES string of the molecule is COC(=O)CCc1ccc2c(c1)NC(=O)c1ccc(Cl)cc1N2. The molecule has 6 heteroatoms. The molecule has 0 saturated carbocycles. The topological polar surface area (TPSA) is 67.4 Å². The number of anilines is 3. The molecule has 1 amide bonds. The van der Waals surface area contributed by atoms with Crippen LogP contribution in [0.3, 0.4) is 0 Å². The number of nitrogens with one attached hydrogen (secondary N) is 2. The second-order valence-corrected chi connectivity index (χ2v) is 5.66. The zero-order valence-electron chi connectivity index (χ0n) is 12.5. The predicted molar refractivity (Wildman–Crippen MR) is 89.5 cm³/mol. The predicted octanol–water partition coefficient (Wildman–Crippen LogP) is 3.75. The molecule has 0 fully saturated rings. The van der Waals surface area contributed by atoms with Gasteiger partial charge in [0, 0.05) is 11.4 Å². The third-order valence-electron chi connectivity index (χ3n) is 3.67. The summed E-state index contributed by atoms with van der Waals surface area (Å²) in [6.45, 7) is 0. The molecule has 0 atom stereocenters. The average Bonchev–Trinajstić information content (AvgIpc) is 2.67. The monoisotopic (exact) mass is 330 g/mol. The van der Waals surface area contributed by atoms with Gasteiger partial charge in [0.05, 0.1) is 29.7 Å². The van der Waals surface area contributed by atoms with Crippen LogP contribution in [0, 0.1) is 0 Å². The maximum Gasteiger partial charge on any atom is 0.305 e. The van der Waals surface area contributed by atoms with Crippen LogP contribution in [0.15, 0.2) is 36.4 Å². The number of carbonyl (C=O) groups is 2. The van der Waals surface area contributed by atoms with E-state index in [2.05, 4.69) is 15.4 Å². The van der Waals surface area contributed by atoms with Gasteiger partial charge in [0.15, 0.2) is 0 Å². The maximum atomic E-state index is 12.3. The van der Waals surface area contributed by atoms with Crippen LogP contribution in [0.4, 0.5) is 17.1 Å². The van der Waals surface area contributed by atoms with Gasteiger partial charge in [-0.25, -0.2) is 0 Å². The Kier molecular flexibility index (Phi) is 4.21. The Morgan fingerprint density at radius 3 is 2.70 bits per heavy atom. The standard InChI is InChI=1S/C17H15ClN2O3/c1-23-16(21)7-3-10-2-6-13-15(8-10)20-17(22)12-5-4-11(18)9-14(12)19-13/h2,4-6,8-9,19H,3,7H2,1H3,(H,20,22). The number of benzene rings is 2. The minimum Gasteiger partial charge on any atom is -0.469 e. The van der Waals surface area contributed by atoms with Gasteiger partial charge in [-0.05, 0) is 42.3 Å². The summed E-state index contributed by atoms with van der Waals surface area (Å²) < 4.78 is 4.64. The number of amides is 1. The molecule has 0 saturated heterocycles. The third-order valence-corrected chi connectivity index (χ3v) is 3.91. The second kappa shape index (κ2) is 6.30. The summed E-state index contributed by atoms with van der Waals surface area (Å²) in [6.07, 6.45) is 0.848. The minimum absolute atomic E-state index is 0.201. The van der Waals surface area contributed by atoms with Gasteiger partial charge in [0.2, 0.25) is 0 Å². The van der Waals surface area contributed by atoms with Crippen LogP contribution in [0.2, 0.25) is 5.02 Å². The molecule has 2 aromatic carbocycles. The quantitative estimate of drug-likeness (QED) is 0.841. The van der Waals surface area contributed by atoms with Crippen LogP contribution in [0.25, 0.3) is 0 Å². The van der Waals surface area contributed by atoms with Crippen LogP contribution in [0.5, 0.6) is 0 Å². The second-order valence-electron chi connectivity index (χ2n) is 5.23. The van der Waals surface area contributed by atoms with E-state index >= 15 is 0 Å². The molecule has 3 rings (SSSR count). The van der Waals surface area contributed by atoms with Crippen LogP contribution in [-0.2, 0) is 16.0 Å². The smallest absolute Gasteiger partial charge is 0.305 e. The molecule has 0 unspecified atom stereocenters. The van der Waals surface area contributed by atoms with Crippen molar-refractivity contribution in [3.8, 4) is 0 Å². The molecule has 0 radical (unpaired) electrons. The molecular weight excluding hydrogens is 316 g/mol. The van der Waals surface area contributed by atoms with Crippen molar-refractivity contribution in [3.63, 3.8) is 0 Å². The average molecular weight is 331 g/mol. The number of halogens is 1. The highest BCUT2D eigenvalue weighted by molar-refractivity contribution is 6.31. The Labute approximate surface area is 138 Å². The van der Waals surface area contributed by atoms with E-state index in [-0.39, 0.29) is 11.9 Å². The van der Waals surface area contributed by atoms with Crippen molar-refractivity contribution in [3.05, 3.63) is 52.5 Å².